The van der Waals surface area contributed by atoms with E-state index in [0.717, 1.165) is 21.3 Å². The highest BCUT2D eigenvalue weighted by molar-refractivity contribution is 14.1. The fourth-order valence-corrected chi connectivity index (χ4v) is 3.80. The zero-order chi connectivity index (χ0) is 16.4. The van der Waals surface area contributed by atoms with Crippen LogP contribution in [0.25, 0.3) is 10.2 Å². The van der Waals surface area contributed by atoms with Gasteiger partial charge in [0.05, 0.1) is 24.9 Å². The number of carboxylic acids is 1. The Bertz CT molecular complexity index is 906. The Balaban J connectivity index is 1.80. The molecular weight excluding hydrogens is 427 g/mol. The molecule has 2 aromatic heterocycles. The van der Waals surface area contributed by atoms with Crippen LogP contribution in [0.3, 0.4) is 0 Å². The van der Waals surface area contributed by atoms with Gasteiger partial charge < -0.3 is 5.11 Å². The number of benzene rings is 1. The monoisotopic (exact) mass is 438 g/mol. The maximum absolute atomic E-state index is 10.8. The quantitative estimate of drug-likeness (QED) is 0.368. The molecule has 0 radical (unpaired) electrons. The number of nitrogens with zero attached hydrogens (tertiary/aromatic N) is 3. The summed E-state index contributed by atoms with van der Waals surface area (Å²) in [6.07, 6.45) is 3.13. The average Bonchev–Trinajstić information content (AvgIpc) is 2.84. The van der Waals surface area contributed by atoms with Crippen molar-refractivity contribution in [2.75, 3.05) is 5.43 Å². The van der Waals surface area contributed by atoms with E-state index in [1.165, 1.54) is 21.3 Å². The van der Waals surface area contributed by atoms with E-state index in [2.05, 4.69) is 43.1 Å². The Kier molecular flexibility index (Phi) is 4.53. The van der Waals surface area contributed by atoms with Gasteiger partial charge >= 0.3 is 5.97 Å². The molecule has 0 saturated heterocycles. The predicted molar refractivity (Wildman–Crippen MR) is 99.5 cm³/mol. The van der Waals surface area contributed by atoms with E-state index in [1.54, 1.807) is 29.7 Å². The second-order valence-electron chi connectivity index (χ2n) is 4.70. The number of nitrogens with one attached hydrogen (secondary N) is 1. The molecule has 0 aliphatic rings. The molecule has 2 heterocycles. The van der Waals surface area contributed by atoms with Crippen LogP contribution >= 0.6 is 33.9 Å². The number of thiophene rings is 1. The lowest BCUT2D eigenvalue weighted by molar-refractivity contribution is 0.0697. The number of rotatable bonds is 4. The minimum absolute atomic E-state index is 0.247. The van der Waals surface area contributed by atoms with E-state index >= 15 is 0 Å². The number of hydrazone groups is 1. The van der Waals surface area contributed by atoms with Gasteiger partial charge in [0.25, 0.3) is 0 Å². The number of hydrogen-bond acceptors (Lipinski definition) is 6. The standard InChI is InChI=1S/C15H11IN4O2S/c1-8-11-12(23-13(8)16)14(18-7-17-11)20-19-6-9-2-4-10(5-3-9)15(21)22/h2-7H,1H3,(H,21,22)(H,17,18,20)/b19-6+. The largest absolute Gasteiger partial charge is 0.478 e. The number of hydrogen-bond donors (Lipinski definition) is 2. The van der Waals surface area contributed by atoms with Crippen LogP contribution in [0.4, 0.5) is 5.82 Å². The maximum Gasteiger partial charge on any atom is 0.335 e. The van der Waals surface area contributed by atoms with Crippen LogP contribution in [0.2, 0.25) is 0 Å². The van der Waals surface area contributed by atoms with Crippen molar-refractivity contribution in [3.05, 3.63) is 50.2 Å². The lowest BCUT2D eigenvalue weighted by atomic mass is 10.1. The molecular formula is C15H11IN4O2S. The molecule has 116 valence electrons. The summed E-state index contributed by atoms with van der Waals surface area (Å²) in [7, 11) is 0. The van der Waals surface area contributed by atoms with Crippen molar-refractivity contribution >= 4 is 62.1 Å². The Morgan fingerprint density at radius 2 is 2.09 bits per heavy atom. The van der Waals surface area contributed by atoms with Crippen molar-refractivity contribution in [1.29, 1.82) is 0 Å². The van der Waals surface area contributed by atoms with Crippen LogP contribution in [-0.4, -0.2) is 27.3 Å². The highest BCUT2D eigenvalue weighted by Crippen LogP contribution is 2.33. The first-order chi connectivity index (χ1) is 11.1. The molecule has 0 aliphatic carbocycles. The van der Waals surface area contributed by atoms with Crippen LogP contribution in [0.15, 0.2) is 35.7 Å². The van der Waals surface area contributed by atoms with Gasteiger partial charge in [-0.3, -0.25) is 5.43 Å². The van der Waals surface area contributed by atoms with Gasteiger partial charge in [0.1, 0.15) is 6.33 Å². The van der Waals surface area contributed by atoms with Crippen molar-refractivity contribution in [2.24, 2.45) is 5.10 Å². The number of aryl methyl sites for hydroxylation is 1. The van der Waals surface area contributed by atoms with Crippen molar-refractivity contribution in [3.8, 4) is 0 Å². The molecule has 1 aromatic carbocycles. The predicted octanol–water partition coefficient (Wildman–Crippen LogP) is 3.75. The second-order valence-corrected chi connectivity index (χ2v) is 7.53. The molecule has 23 heavy (non-hydrogen) atoms. The molecule has 0 fully saturated rings. The summed E-state index contributed by atoms with van der Waals surface area (Å²) in [4.78, 5) is 19.3. The fourth-order valence-electron chi connectivity index (χ4n) is 1.96. The molecule has 0 saturated carbocycles. The van der Waals surface area contributed by atoms with Crippen molar-refractivity contribution in [1.82, 2.24) is 9.97 Å². The van der Waals surface area contributed by atoms with Crippen LogP contribution in [0, 0.1) is 9.81 Å². The Morgan fingerprint density at radius 1 is 1.35 bits per heavy atom. The molecule has 0 atom stereocenters. The molecule has 0 bridgehead atoms. The topological polar surface area (TPSA) is 87.5 Å². The lowest BCUT2D eigenvalue weighted by Gasteiger charge is -2.00. The van der Waals surface area contributed by atoms with Gasteiger partial charge in [-0.05, 0) is 52.8 Å². The number of aromatic carboxylic acids is 1. The molecule has 2 N–H and O–H groups in total. The van der Waals surface area contributed by atoms with Gasteiger partial charge in [0, 0.05) is 0 Å². The highest BCUT2D eigenvalue weighted by atomic mass is 127. The molecule has 0 unspecified atom stereocenters. The summed E-state index contributed by atoms with van der Waals surface area (Å²) in [6.45, 7) is 2.03. The van der Waals surface area contributed by atoms with E-state index in [4.69, 9.17) is 5.11 Å². The first-order valence-electron chi connectivity index (χ1n) is 6.58. The lowest BCUT2D eigenvalue weighted by Crippen LogP contribution is -1.97. The van der Waals surface area contributed by atoms with Crippen LogP contribution < -0.4 is 5.43 Å². The molecule has 8 heteroatoms. The first kappa shape index (κ1) is 15.8. The summed E-state index contributed by atoms with van der Waals surface area (Å²) in [5.74, 6) is -0.290. The minimum Gasteiger partial charge on any atom is -0.478 e. The number of fused-ring (bicyclic) bond motifs is 1. The van der Waals surface area contributed by atoms with E-state index in [-0.39, 0.29) is 5.56 Å². The van der Waals surface area contributed by atoms with Crippen molar-refractivity contribution in [2.45, 2.75) is 6.92 Å². The zero-order valence-corrected chi connectivity index (χ0v) is 14.9. The summed E-state index contributed by atoms with van der Waals surface area (Å²) >= 11 is 3.90. The van der Waals surface area contributed by atoms with Gasteiger partial charge in [-0.2, -0.15) is 5.10 Å². The van der Waals surface area contributed by atoms with Crippen molar-refractivity contribution < 1.29 is 9.90 Å². The SMILES string of the molecule is Cc1c(I)sc2c(N/N=C/c3ccc(C(=O)O)cc3)ncnc12. The molecule has 3 aromatic rings. The second kappa shape index (κ2) is 6.59. The third kappa shape index (κ3) is 3.32. The molecule has 6 nitrogen and oxygen atoms in total. The Labute approximate surface area is 149 Å². The molecule has 0 amide bonds. The Hall–Kier alpha value is -2.07. The normalized spacial score (nSPS) is 11.2. The molecule has 0 spiro atoms. The van der Waals surface area contributed by atoms with E-state index in [1.807, 2.05) is 6.92 Å². The number of carbonyl (C=O) groups is 1. The highest BCUT2D eigenvalue weighted by Gasteiger charge is 2.11. The summed E-state index contributed by atoms with van der Waals surface area (Å²) in [5, 5.41) is 13.0. The summed E-state index contributed by atoms with van der Waals surface area (Å²) < 4.78 is 2.14. The summed E-state index contributed by atoms with van der Waals surface area (Å²) in [5.41, 5.74) is 6.04. The maximum atomic E-state index is 10.8. The number of halogens is 1. The fraction of sp³-hybridized carbons (Fsp3) is 0.0667. The number of anilines is 1. The molecule has 3 rings (SSSR count). The zero-order valence-electron chi connectivity index (χ0n) is 11.9. The number of carboxylic acid groups (broad SMARTS) is 1. The van der Waals surface area contributed by atoms with E-state index in [9.17, 15) is 4.79 Å². The van der Waals surface area contributed by atoms with Gasteiger partial charge in [0.15, 0.2) is 5.82 Å². The van der Waals surface area contributed by atoms with Gasteiger partial charge in [-0.1, -0.05) is 12.1 Å². The van der Waals surface area contributed by atoms with Crippen LogP contribution in [0.5, 0.6) is 0 Å². The van der Waals surface area contributed by atoms with Crippen molar-refractivity contribution in [3.63, 3.8) is 0 Å². The third-order valence-corrected chi connectivity index (χ3v) is 5.73. The minimum atomic E-state index is -0.947. The third-order valence-electron chi connectivity index (χ3n) is 3.19. The Morgan fingerprint density at radius 3 is 2.78 bits per heavy atom. The van der Waals surface area contributed by atoms with Crippen LogP contribution in [0.1, 0.15) is 21.5 Å². The molecule has 0 aliphatic heterocycles. The number of aromatic nitrogens is 2. The van der Waals surface area contributed by atoms with Gasteiger partial charge in [0.2, 0.25) is 0 Å². The summed E-state index contributed by atoms with van der Waals surface area (Å²) in [6, 6.07) is 6.47. The van der Waals surface area contributed by atoms with E-state index in [0.29, 0.717) is 5.82 Å². The van der Waals surface area contributed by atoms with Gasteiger partial charge in [-0.15, -0.1) is 11.3 Å². The smallest absolute Gasteiger partial charge is 0.335 e. The van der Waals surface area contributed by atoms with Crippen LogP contribution in [-0.2, 0) is 0 Å². The van der Waals surface area contributed by atoms with E-state index < -0.39 is 5.97 Å². The first-order valence-corrected chi connectivity index (χ1v) is 8.48. The van der Waals surface area contributed by atoms with Gasteiger partial charge in [-0.25, -0.2) is 14.8 Å². The average molecular weight is 438 g/mol.